The van der Waals surface area contributed by atoms with Crippen molar-refractivity contribution in [2.75, 3.05) is 0 Å². The normalized spacial score (nSPS) is 13.4. The zero-order chi connectivity index (χ0) is 9.46. The molecule has 5 heteroatoms. The van der Waals surface area contributed by atoms with Crippen LogP contribution in [0.25, 0.3) is 0 Å². The molecule has 1 aromatic rings. The maximum atomic E-state index is 11.4. The first-order valence-corrected chi connectivity index (χ1v) is 4.42. The van der Waals surface area contributed by atoms with Gasteiger partial charge in [0.25, 0.3) is 0 Å². The largest absolute Gasteiger partial charge is 0.328 e. The summed E-state index contributed by atoms with van der Waals surface area (Å²) in [5.74, 6) is 0. The topological polar surface area (TPSA) is 52.9 Å². The highest BCUT2D eigenvalue weighted by Gasteiger charge is 2.15. The second-order valence-corrected chi connectivity index (χ2v) is 3.62. The SMILES string of the molecule is CC(N)c1c(Br)n(C)c(=O)n1C. The lowest BCUT2D eigenvalue weighted by Crippen LogP contribution is -2.21. The van der Waals surface area contributed by atoms with Crippen LogP contribution in [0.3, 0.4) is 0 Å². The Kier molecular flexibility index (Phi) is 2.44. The summed E-state index contributed by atoms with van der Waals surface area (Å²) in [5.41, 5.74) is 6.46. The molecule has 1 heterocycles. The highest BCUT2D eigenvalue weighted by atomic mass is 79.9. The summed E-state index contributed by atoms with van der Waals surface area (Å²) >= 11 is 3.31. The molecule has 0 aliphatic heterocycles. The molecule has 0 aliphatic rings. The first-order valence-electron chi connectivity index (χ1n) is 3.63. The molecule has 0 saturated heterocycles. The zero-order valence-electron chi connectivity index (χ0n) is 7.34. The molecule has 0 aromatic carbocycles. The Morgan fingerprint density at radius 2 is 1.92 bits per heavy atom. The van der Waals surface area contributed by atoms with Gasteiger partial charge in [-0.05, 0) is 22.9 Å². The van der Waals surface area contributed by atoms with Crippen molar-refractivity contribution in [1.29, 1.82) is 0 Å². The Hall–Kier alpha value is -0.550. The van der Waals surface area contributed by atoms with Crippen LogP contribution in [0.5, 0.6) is 0 Å². The van der Waals surface area contributed by atoms with Crippen LogP contribution in [-0.4, -0.2) is 9.13 Å². The summed E-state index contributed by atoms with van der Waals surface area (Å²) in [4.78, 5) is 11.4. The fraction of sp³-hybridized carbons (Fsp3) is 0.571. The van der Waals surface area contributed by atoms with Gasteiger partial charge in [0.2, 0.25) is 0 Å². The molecule has 0 fully saturated rings. The Morgan fingerprint density at radius 3 is 2.08 bits per heavy atom. The maximum Gasteiger partial charge on any atom is 0.328 e. The van der Waals surface area contributed by atoms with Gasteiger partial charge in [0.15, 0.2) is 0 Å². The number of aromatic nitrogens is 2. The van der Waals surface area contributed by atoms with Gasteiger partial charge in [-0.2, -0.15) is 0 Å². The number of rotatable bonds is 1. The van der Waals surface area contributed by atoms with E-state index in [1.165, 1.54) is 4.57 Å². The van der Waals surface area contributed by atoms with E-state index in [2.05, 4.69) is 15.9 Å². The van der Waals surface area contributed by atoms with E-state index < -0.39 is 0 Å². The molecule has 1 aromatic heterocycles. The van der Waals surface area contributed by atoms with Crippen molar-refractivity contribution in [3.63, 3.8) is 0 Å². The first kappa shape index (κ1) is 9.54. The molecular weight excluding hydrogens is 222 g/mol. The second-order valence-electron chi connectivity index (χ2n) is 2.87. The van der Waals surface area contributed by atoms with E-state index in [9.17, 15) is 4.79 Å². The number of nitrogens with two attached hydrogens (primary N) is 1. The van der Waals surface area contributed by atoms with Crippen LogP contribution in [0.15, 0.2) is 9.40 Å². The van der Waals surface area contributed by atoms with E-state index >= 15 is 0 Å². The molecule has 2 N–H and O–H groups in total. The van der Waals surface area contributed by atoms with Crippen molar-refractivity contribution in [2.45, 2.75) is 13.0 Å². The quantitative estimate of drug-likeness (QED) is 0.769. The first-order chi connectivity index (χ1) is 5.46. The lowest BCUT2D eigenvalue weighted by molar-refractivity contribution is 0.693. The minimum absolute atomic E-state index is 0.0609. The molecule has 0 radical (unpaired) electrons. The summed E-state index contributed by atoms with van der Waals surface area (Å²) in [6.07, 6.45) is 0. The van der Waals surface area contributed by atoms with Gasteiger partial charge in [0.05, 0.1) is 5.69 Å². The monoisotopic (exact) mass is 233 g/mol. The van der Waals surface area contributed by atoms with Crippen molar-refractivity contribution in [3.05, 3.63) is 20.8 Å². The zero-order valence-corrected chi connectivity index (χ0v) is 8.92. The highest BCUT2D eigenvalue weighted by Crippen LogP contribution is 2.18. The number of hydrogen-bond acceptors (Lipinski definition) is 2. The molecule has 0 aliphatic carbocycles. The number of nitrogens with zero attached hydrogens (tertiary/aromatic N) is 2. The number of imidazole rings is 1. The van der Waals surface area contributed by atoms with Crippen LogP contribution >= 0.6 is 15.9 Å². The summed E-state index contributed by atoms with van der Waals surface area (Å²) in [6, 6.07) is -0.140. The molecule has 0 bridgehead atoms. The number of hydrogen-bond donors (Lipinski definition) is 1. The van der Waals surface area contributed by atoms with Gasteiger partial charge >= 0.3 is 5.69 Å². The van der Waals surface area contributed by atoms with Crippen molar-refractivity contribution in [2.24, 2.45) is 19.8 Å². The van der Waals surface area contributed by atoms with E-state index in [0.29, 0.717) is 0 Å². The van der Waals surface area contributed by atoms with Gasteiger partial charge in [-0.1, -0.05) is 0 Å². The van der Waals surface area contributed by atoms with Crippen molar-refractivity contribution < 1.29 is 0 Å². The fourth-order valence-corrected chi connectivity index (χ4v) is 1.99. The van der Waals surface area contributed by atoms with Crippen LogP contribution in [0.4, 0.5) is 0 Å². The molecule has 1 unspecified atom stereocenters. The van der Waals surface area contributed by atoms with Crippen LogP contribution in [-0.2, 0) is 14.1 Å². The smallest absolute Gasteiger partial charge is 0.323 e. The van der Waals surface area contributed by atoms with Gasteiger partial charge in [-0.15, -0.1) is 0 Å². The molecule has 4 nitrogen and oxygen atoms in total. The molecule has 68 valence electrons. The van der Waals surface area contributed by atoms with Gasteiger partial charge in [0.1, 0.15) is 4.60 Å². The molecule has 0 amide bonds. The number of halogens is 1. The van der Waals surface area contributed by atoms with Gasteiger partial charge in [0, 0.05) is 20.1 Å². The van der Waals surface area contributed by atoms with E-state index in [-0.39, 0.29) is 11.7 Å². The molecule has 1 rings (SSSR count). The van der Waals surface area contributed by atoms with Crippen LogP contribution in [0.2, 0.25) is 0 Å². The summed E-state index contributed by atoms with van der Waals surface area (Å²) in [6.45, 7) is 1.85. The van der Waals surface area contributed by atoms with E-state index in [1.54, 1.807) is 18.7 Å². The third kappa shape index (κ3) is 1.23. The lowest BCUT2D eigenvalue weighted by Gasteiger charge is -2.05. The van der Waals surface area contributed by atoms with Crippen molar-refractivity contribution >= 4 is 15.9 Å². The van der Waals surface area contributed by atoms with Gasteiger partial charge in [-0.25, -0.2) is 4.79 Å². The van der Waals surface area contributed by atoms with E-state index in [1.807, 2.05) is 6.92 Å². The van der Waals surface area contributed by atoms with Crippen LogP contribution < -0.4 is 11.4 Å². The van der Waals surface area contributed by atoms with Crippen molar-refractivity contribution in [1.82, 2.24) is 9.13 Å². The van der Waals surface area contributed by atoms with E-state index in [0.717, 1.165) is 10.3 Å². The fourth-order valence-electron chi connectivity index (χ4n) is 1.22. The molecule has 0 saturated carbocycles. The van der Waals surface area contributed by atoms with Gasteiger partial charge in [-0.3, -0.25) is 9.13 Å². The molecule has 1 atom stereocenters. The molecule has 0 spiro atoms. The van der Waals surface area contributed by atoms with Crippen LogP contribution in [0.1, 0.15) is 18.7 Å². The predicted molar refractivity (Wildman–Crippen MR) is 51.0 cm³/mol. The Morgan fingerprint density at radius 1 is 1.42 bits per heavy atom. The summed E-state index contributed by atoms with van der Waals surface area (Å²) in [5, 5.41) is 0. The minimum atomic E-state index is -0.140. The summed E-state index contributed by atoms with van der Waals surface area (Å²) in [7, 11) is 3.42. The van der Waals surface area contributed by atoms with Gasteiger partial charge < -0.3 is 5.73 Å². The van der Waals surface area contributed by atoms with E-state index in [4.69, 9.17) is 5.73 Å². The maximum absolute atomic E-state index is 11.4. The molecular formula is C7H12BrN3O. The Bertz CT molecular complexity index is 350. The molecule has 12 heavy (non-hydrogen) atoms. The van der Waals surface area contributed by atoms with Crippen LogP contribution in [0, 0.1) is 0 Å². The minimum Gasteiger partial charge on any atom is -0.323 e. The standard InChI is InChI=1S/C7H12BrN3O/c1-4(9)5-6(8)11(3)7(12)10(5)2/h4H,9H2,1-3H3. The van der Waals surface area contributed by atoms with Crippen molar-refractivity contribution in [3.8, 4) is 0 Å². The second kappa shape index (κ2) is 3.06. The summed E-state index contributed by atoms with van der Waals surface area (Å²) < 4.78 is 3.83. The third-order valence-corrected chi connectivity index (χ3v) is 2.81. The Balaban J connectivity index is 3.49. The average molecular weight is 234 g/mol. The lowest BCUT2D eigenvalue weighted by atomic mass is 10.3. The highest BCUT2D eigenvalue weighted by molar-refractivity contribution is 9.10. The average Bonchev–Trinajstić information content (AvgIpc) is 2.16. The Labute approximate surface area is 79.1 Å². The predicted octanol–water partition coefficient (Wildman–Crippen LogP) is 0.506. The third-order valence-electron chi connectivity index (χ3n) is 1.87.